The largest absolute Gasteiger partial charge is 0.0527 e. The summed E-state index contributed by atoms with van der Waals surface area (Å²) in [5.74, 6) is 18.8. The molecule has 9 aliphatic carbocycles. The minimum absolute atomic E-state index is 1.15. The average molecular weight is 461 g/mol. The molecule has 0 amide bonds. The Bertz CT molecular complexity index is 672. The third-order valence-corrected chi connectivity index (χ3v) is 15.7. The molecule has 0 saturated heterocycles. The summed E-state index contributed by atoms with van der Waals surface area (Å²) in [6, 6.07) is 0. The monoisotopic (exact) mass is 460 g/mol. The maximum absolute atomic E-state index is 1.70. The van der Waals surface area contributed by atoms with Gasteiger partial charge in [0, 0.05) is 0 Å². The molecule has 34 heavy (non-hydrogen) atoms. The Hall–Kier alpha value is 0. The molecule has 0 aliphatic heterocycles. The van der Waals surface area contributed by atoms with E-state index in [1.807, 2.05) is 0 Å². The summed E-state index contributed by atoms with van der Waals surface area (Å²) in [5, 5.41) is 0. The molecule has 9 aliphatic rings. The molecule has 0 aromatic heterocycles. The van der Waals surface area contributed by atoms with Crippen LogP contribution < -0.4 is 0 Å². The van der Waals surface area contributed by atoms with E-state index in [2.05, 4.69) is 0 Å². The number of hydrogen-bond donors (Lipinski definition) is 0. The van der Waals surface area contributed by atoms with Crippen LogP contribution >= 0.6 is 0 Å². The lowest BCUT2D eigenvalue weighted by molar-refractivity contribution is -0.0278. The van der Waals surface area contributed by atoms with Gasteiger partial charge in [0.05, 0.1) is 0 Å². The van der Waals surface area contributed by atoms with Crippen LogP contribution in [0.25, 0.3) is 0 Å². The predicted octanol–water partition coefficient (Wildman–Crippen LogP) is 8.99. The smallest absolute Gasteiger partial charge is 0.0324 e. The molecular weight excluding hydrogens is 408 g/mol. The second-order valence-corrected chi connectivity index (χ2v) is 16.2. The van der Waals surface area contributed by atoms with Gasteiger partial charge < -0.3 is 0 Å². The van der Waals surface area contributed by atoms with E-state index >= 15 is 0 Å². The van der Waals surface area contributed by atoms with Crippen LogP contribution in [0.1, 0.15) is 116 Å². The molecule has 0 radical (unpaired) electrons. The Labute approximate surface area is 210 Å². The Balaban J connectivity index is 0.968. The van der Waals surface area contributed by atoms with Crippen LogP contribution in [0.4, 0.5) is 0 Å². The fourth-order valence-electron chi connectivity index (χ4n) is 15.1. The van der Waals surface area contributed by atoms with Crippen LogP contribution in [0.3, 0.4) is 0 Å². The summed E-state index contributed by atoms with van der Waals surface area (Å²) in [6.45, 7) is 0. The topological polar surface area (TPSA) is 0 Å². The van der Waals surface area contributed by atoms with Crippen LogP contribution in [-0.2, 0) is 0 Å². The van der Waals surface area contributed by atoms with Crippen molar-refractivity contribution in [3.05, 3.63) is 0 Å². The third-order valence-electron chi connectivity index (χ3n) is 15.7. The molecule has 12 unspecified atom stereocenters. The molecule has 0 N–H and O–H groups in total. The van der Waals surface area contributed by atoms with Gasteiger partial charge in [0.2, 0.25) is 0 Å². The number of rotatable bonds is 0. The van der Waals surface area contributed by atoms with Crippen molar-refractivity contribution in [2.45, 2.75) is 116 Å². The lowest BCUT2D eigenvalue weighted by atomic mass is 9.53. The van der Waals surface area contributed by atoms with Crippen molar-refractivity contribution in [2.75, 3.05) is 0 Å². The molecule has 0 bridgehead atoms. The third kappa shape index (κ3) is 2.84. The molecule has 12 atom stereocenters. The lowest BCUT2D eigenvalue weighted by Crippen LogP contribution is -2.44. The van der Waals surface area contributed by atoms with Crippen molar-refractivity contribution in [1.82, 2.24) is 0 Å². The first kappa shape index (κ1) is 21.0. The van der Waals surface area contributed by atoms with E-state index < -0.39 is 0 Å². The van der Waals surface area contributed by atoms with Gasteiger partial charge in [-0.15, -0.1) is 0 Å². The van der Waals surface area contributed by atoms with Crippen molar-refractivity contribution in [3.63, 3.8) is 0 Å². The highest BCUT2D eigenvalue weighted by Crippen LogP contribution is 2.69. The fraction of sp³-hybridized carbons (Fsp3) is 1.00. The molecule has 9 fully saturated rings. The molecule has 0 aromatic rings. The van der Waals surface area contributed by atoms with Crippen LogP contribution in [-0.4, -0.2) is 0 Å². The molecular formula is C34H52. The van der Waals surface area contributed by atoms with Gasteiger partial charge in [0.1, 0.15) is 0 Å². The normalized spacial score (nSPS) is 63.5. The van der Waals surface area contributed by atoms with Gasteiger partial charge in [-0.25, -0.2) is 0 Å². The van der Waals surface area contributed by atoms with Crippen LogP contribution in [0.2, 0.25) is 0 Å². The van der Waals surface area contributed by atoms with E-state index in [1.54, 1.807) is 116 Å². The number of fused-ring (bicyclic) bond motifs is 8. The molecule has 0 heteroatoms. The molecule has 0 aromatic carbocycles. The van der Waals surface area contributed by atoms with Gasteiger partial charge in [-0.3, -0.25) is 0 Å². The summed E-state index contributed by atoms with van der Waals surface area (Å²) in [7, 11) is 0. The lowest BCUT2D eigenvalue weighted by Gasteiger charge is -2.52. The van der Waals surface area contributed by atoms with Crippen LogP contribution in [0.15, 0.2) is 0 Å². The maximum atomic E-state index is 1.70. The Morgan fingerprint density at radius 2 is 0.529 bits per heavy atom. The van der Waals surface area contributed by atoms with Gasteiger partial charge in [-0.05, 0) is 159 Å². The number of hydrogen-bond acceptors (Lipinski definition) is 0. The van der Waals surface area contributed by atoms with Crippen molar-refractivity contribution >= 4 is 0 Å². The summed E-state index contributed by atoms with van der Waals surface area (Å²) in [6.07, 6.45) is 29.6. The van der Waals surface area contributed by atoms with E-state index in [4.69, 9.17) is 0 Å². The first-order valence-electron chi connectivity index (χ1n) is 16.8. The zero-order valence-corrected chi connectivity index (χ0v) is 22.0. The zero-order chi connectivity index (χ0) is 22.0. The van der Waals surface area contributed by atoms with Gasteiger partial charge in [0.25, 0.3) is 0 Å². The Morgan fingerprint density at radius 3 is 0.824 bits per heavy atom. The Morgan fingerprint density at radius 1 is 0.235 bits per heavy atom. The van der Waals surface area contributed by atoms with E-state index in [9.17, 15) is 0 Å². The summed E-state index contributed by atoms with van der Waals surface area (Å²) >= 11 is 0. The molecule has 0 nitrogen and oxygen atoms in total. The highest BCUT2D eigenvalue weighted by molar-refractivity contribution is 5.10. The maximum Gasteiger partial charge on any atom is -0.0324 e. The minimum Gasteiger partial charge on any atom is -0.0527 e. The SMILES string of the molecule is C1CC2CCCC3C4CC5CC6CC7C(CC6CC5CC4C(C1)C23)C1CCCC2CCCC7C21. The average Bonchev–Trinajstić information content (AvgIpc) is 3.36. The van der Waals surface area contributed by atoms with Gasteiger partial charge >= 0.3 is 0 Å². The van der Waals surface area contributed by atoms with E-state index in [-0.39, 0.29) is 0 Å². The molecule has 0 spiro atoms. The summed E-state index contributed by atoms with van der Waals surface area (Å²) in [4.78, 5) is 0. The van der Waals surface area contributed by atoms with Gasteiger partial charge in [-0.2, -0.15) is 0 Å². The van der Waals surface area contributed by atoms with Crippen molar-refractivity contribution < 1.29 is 0 Å². The van der Waals surface area contributed by atoms with Crippen molar-refractivity contribution in [1.29, 1.82) is 0 Å². The van der Waals surface area contributed by atoms with Gasteiger partial charge in [0.15, 0.2) is 0 Å². The second kappa shape index (κ2) is 7.76. The highest BCUT2D eigenvalue weighted by Gasteiger charge is 2.61. The predicted molar refractivity (Wildman–Crippen MR) is 139 cm³/mol. The zero-order valence-electron chi connectivity index (χ0n) is 22.0. The van der Waals surface area contributed by atoms with Gasteiger partial charge in [-0.1, -0.05) is 51.4 Å². The molecule has 9 rings (SSSR count). The Kier molecular flexibility index (Phi) is 4.79. The molecule has 188 valence electrons. The highest BCUT2D eigenvalue weighted by atomic mass is 14.7. The summed E-state index contributed by atoms with van der Waals surface area (Å²) < 4.78 is 0. The molecule has 0 heterocycles. The fourth-order valence-corrected chi connectivity index (χ4v) is 15.1. The standard InChI is InChI=1S/C34H52/c1-5-19-6-2-10-26-30-16-22-14-24-18-32-28-12-4-8-20-7-3-11-27(34(20)28)31(32)17-23(24)13-21(22)15-29(30)25(9-1)33(19)26/h19-34H,1-18H2. The molecule has 9 saturated carbocycles. The second-order valence-electron chi connectivity index (χ2n) is 16.2. The quantitative estimate of drug-likeness (QED) is 0.338. The van der Waals surface area contributed by atoms with Crippen molar-refractivity contribution in [2.24, 2.45) is 94.7 Å². The first-order chi connectivity index (χ1) is 16.8. The van der Waals surface area contributed by atoms with Crippen LogP contribution in [0.5, 0.6) is 0 Å². The summed E-state index contributed by atoms with van der Waals surface area (Å²) in [5.41, 5.74) is 0. The first-order valence-corrected chi connectivity index (χ1v) is 16.8. The minimum atomic E-state index is 1.15. The van der Waals surface area contributed by atoms with E-state index in [1.165, 1.54) is 59.2 Å². The van der Waals surface area contributed by atoms with Crippen LogP contribution in [0, 0.1) is 94.7 Å². The van der Waals surface area contributed by atoms with E-state index in [0.717, 1.165) is 35.5 Å². The van der Waals surface area contributed by atoms with E-state index in [0.29, 0.717) is 0 Å². The van der Waals surface area contributed by atoms with Crippen molar-refractivity contribution in [3.8, 4) is 0 Å².